The van der Waals surface area contributed by atoms with Crippen molar-refractivity contribution in [3.05, 3.63) is 0 Å². The molecule has 0 heterocycles. The Morgan fingerprint density at radius 2 is 2.00 bits per heavy atom. The van der Waals surface area contributed by atoms with Crippen LogP contribution in [0.15, 0.2) is 0 Å². The lowest BCUT2D eigenvalue weighted by molar-refractivity contribution is 0.138. The Hall–Kier alpha value is -0.590. The molecule has 0 saturated heterocycles. The predicted molar refractivity (Wildman–Crippen MR) is 67.2 cm³/mol. The molecule has 1 saturated carbocycles. The van der Waals surface area contributed by atoms with Gasteiger partial charge in [-0.2, -0.15) is 5.26 Å². The van der Waals surface area contributed by atoms with Crippen molar-refractivity contribution < 1.29 is 0 Å². The zero-order valence-electron chi connectivity index (χ0n) is 10.9. The minimum absolute atomic E-state index is 0.409. The van der Waals surface area contributed by atoms with Crippen LogP contribution in [0.4, 0.5) is 0 Å². The van der Waals surface area contributed by atoms with Crippen molar-refractivity contribution in [2.24, 2.45) is 0 Å². The Labute approximate surface area is 99.8 Å². The molecule has 16 heavy (non-hydrogen) atoms. The summed E-state index contributed by atoms with van der Waals surface area (Å²) in [4.78, 5) is 2.47. The van der Waals surface area contributed by atoms with E-state index in [1.54, 1.807) is 0 Å². The number of hydrogen-bond acceptors (Lipinski definition) is 3. The first kappa shape index (κ1) is 13.5. The zero-order chi connectivity index (χ0) is 12.0. The SMILES string of the molecule is CCN(CC(C)(C#N)NC)C1CCCCC1. The van der Waals surface area contributed by atoms with Gasteiger partial charge in [0, 0.05) is 12.6 Å². The number of rotatable bonds is 5. The molecule has 0 radical (unpaired) electrons. The monoisotopic (exact) mass is 223 g/mol. The summed E-state index contributed by atoms with van der Waals surface area (Å²) in [5.74, 6) is 0. The van der Waals surface area contributed by atoms with Crippen molar-refractivity contribution in [2.45, 2.75) is 57.5 Å². The molecule has 0 spiro atoms. The van der Waals surface area contributed by atoms with Gasteiger partial charge in [-0.25, -0.2) is 0 Å². The Balaban J connectivity index is 2.57. The van der Waals surface area contributed by atoms with Gasteiger partial charge in [0.1, 0.15) is 5.54 Å². The minimum atomic E-state index is -0.409. The van der Waals surface area contributed by atoms with Crippen LogP contribution in [0.3, 0.4) is 0 Å². The molecule has 1 rings (SSSR count). The van der Waals surface area contributed by atoms with Gasteiger partial charge in [0.15, 0.2) is 0 Å². The first-order chi connectivity index (χ1) is 7.65. The van der Waals surface area contributed by atoms with Gasteiger partial charge in [0.2, 0.25) is 0 Å². The van der Waals surface area contributed by atoms with Gasteiger partial charge < -0.3 is 5.32 Å². The number of nitriles is 1. The molecule has 1 aliphatic carbocycles. The number of hydrogen-bond donors (Lipinski definition) is 1. The second kappa shape index (κ2) is 6.22. The molecule has 0 aromatic carbocycles. The summed E-state index contributed by atoms with van der Waals surface area (Å²) < 4.78 is 0. The minimum Gasteiger partial charge on any atom is -0.302 e. The fraction of sp³-hybridized carbons (Fsp3) is 0.923. The number of nitrogens with zero attached hydrogens (tertiary/aromatic N) is 2. The second-order valence-electron chi connectivity index (χ2n) is 5.05. The molecule has 3 heteroatoms. The van der Waals surface area contributed by atoms with Gasteiger partial charge in [-0.15, -0.1) is 0 Å². The van der Waals surface area contributed by atoms with E-state index < -0.39 is 5.54 Å². The maximum atomic E-state index is 9.19. The molecule has 1 atom stereocenters. The van der Waals surface area contributed by atoms with Gasteiger partial charge >= 0.3 is 0 Å². The van der Waals surface area contributed by atoms with E-state index in [9.17, 15) is 5.26 Å². The van der Waals surface area contributed by atoms with Crippen molar-refractivity contribution in [1.82, 2.24) is 10.2 Å². The molecule has 3 nitrogen and oxygen atoms in total. The standard InChI is InChI=1S/C13H25N3/c1-4-16(11-13(2,10-14)15-3)12-8-6-5-7-9-12/h12,15H,4-9,11H2,1-3H3. The molecule has 0 bridgehead atoms. The molecule has 0 aromatic heterocycles. The van der Waals surface area contributed by atoms with E-state index in [1.165, 1.54) is 32.1 Å². The lowest BCUT2D eigenvalue weighted by Crippen LogP contribution is -2.52. The molecule has 1 unspecified atom stereocenters. The van der Waals surface area contributed by atoms with E-state index in [-0.39, 0.29) is 0 Å². The zero-order valence-corrected chi connectivity index (χ0v) is 10.9. The summed E-state index contributed by atoms with van der Waals surface area (Å²) in [5.41, 5.74) is -0.409. The maximum Gasteiger partial charge on any atom is 0.116 e. The average molecular weight is 223 g/mol. The molecular formula is C13H25N3. The first-order valence-corrected chi connectivity index (χ1v) is 6.49. The Morgan fingerprint density at radius 1 is 1.38 bits per heavy atom. The average Bonchev–Trinajstić information content (AvgIpc) is 2.36. The molecule has 0 amide bonds. The lowest BCUT2D eigenvalue weighted by atomic mass is 9.92. The van der Waals surface area contributed by atoms with E-state index in [4.69, 9.17) is 0 Å². The molecule has 0 aromatic rings. The highest BCUT2D eigenvalue weighted by Gasteiger charge is 2.28. The van der Waals surface area contributed by atoms with Crippen molar-refractivity contribution in [2.75, 3.05) is 20.1 Å². The number of nitrogens with one attached hydrogen (secondary N) is 1. The van der Waals surface area contributed by atoms with E-state index in [0.717, 1.165) is 13.1 Å². The summed E-state index contributed by atoms with van der Waals surface area (Å²) in [5, 5.41) is 12.3. The Kier molecular flexibility index (Phi) is 5.24. The highest BCUT2D eigenvalue weighted by atomic mass is 15.2. The number of likely N-dealkylation sites (N-methyl/N-ethyl adjacent to an activating group) is 2. The van der Waals surface area contributed by atoms with Crippen LogP contribution in [0.5, 0.6) is 0 Å². The van der Waals surface area contributed by atoms with Crippen LogP contribution >= 0.6 is 0 Å². The third-order valence-electron chi connectivity index (χ3n) is 3.82. The van der Waals surface area contributed by atoms with E-state index in [0.29, 0.717) is 6.04 Å². The van der Waals surface area contributed by atoms with Crippen LogP contribution < -0.4 is 5.32 Å². The van der Waals surface area contributed by atoms with Gasteiger partial charge in [-0.3, -0.25) is 4.90 Å². The topological polar surface area (TPSA) is 39.1 Å². The molecular weight excluding hydrogens is 198 g/mol. The summed E-state index contributed by atoms with van der Waals surface area (Å²) in [7, 11) is 1.87. The fourth-order valence-corrected chi connectivity index (χ4v) is 2.52. The molecule has 1 fully saturated rings. The molecule has 0 aliphatic heterocycles. The summed E-state index contributed by atoms with van der Waals surface area (Å²) in [6.45, 7) is 6.06. The summed E-state index contributed by atoms with van der Waals surface area (Å²) >= 11 is 0. The Bertz CT molecular complexity index is 240. The fourth-order valence-electron chi connectivity index (χ4n) is 2.52. The highest BCUT2D eigenvalue weighted by Crippen LogP contribution is 2.23. The third-order valence-corrected chi connectivity index (χ3v) is 3.82. The van der Waals surface area contributed by atoms with Crippen molar-refractivity contribution in [1.29, 1.82) is 5.26 Å². The van der Waals surface area contributed by atoms with Crippen LogP contribution in [0.1, 0.15) is 46.0 Å². The highest BCUT2D eigenvalue weighted by molar-refractivity contribution is 5.05. The van der Waals surface area contributed by atoms with Crippen molar-refractivity contribution in [3.63, 3.8) is 0 Å². The van der Waals surface area contributed by atoms with Gasteiger partial charge in [-0.05, 0) is 33.4 Å². The first-order valence-electron chi connectivity index (χ1n) is 6.49. The molecule has 1 N–H and O–H groups in total. The smallest absolute Gasteiger partial charge is 0.116 e. The van der Waals surface area contributed by atoms with Crippen LogP contribution in [0, 0.1) is 11.3 Å². The van der Waals surface area contributed by atoms with Crippen molar-refractivity contribution >= 4 is 0 Å². The van der Waals surface area contributed by atoms with Crippen LogP contribution in [0.25, 0.3) is 0 Å². The quantitative estimate of drug-likeness (QED) is 0.776. The predicted octanol–water partition coefficient (Wildman–Crippen LogP) is 2.14. The maximum absolute atomic E-state index is 9.19. The third kappa shape index (κ3) is 3.47. The van der Waals surface area contributed by atoms with Crippen LogP contribution in [-0.4, -0.2) is 36.6 Å². The van der Waals surface area contributed by atoms with E-state index in [2.05, 4.69) is 23.2 Å². The molecule has 1 aliphatic rings. The van der Waals surface area contributed by atoms with Gasteiger partial charge in [0.25, 0.3) is 0 Å². The second-order valence-corrected chi connectivity index (χ2v) is 5.05. The lowest BCUT2D eigenvalue weighted by Gasteiger charge is -2.37. The largest absolute Gasteiger partial charge is 0.302 e. The Morgan fingerprint density at radius 3 is 2.44 bits per heavy atom. The summed E-state index contributed by atoms with van der Waals surface area (Å²) in [6, 6.07) is 3.07. The van der Waals surface area contributed by atoms with E-state index >= 15 is 0 Å². The van der Waals surface area contributed by atoms with Crippen LogP contribution in [0.2, 0.25) is 0 Å². The van der Waals surface area contributed by atoms with Crippen molar-refractivity contribution in [3.8, 4) is 6.07 Å². The van der Waals surface area contributed by atoms with Gasteiger partial charge in [0.05, 0.1) is 6.07 Å². The van der Waals surface area contributed by atoms with E-state index in [1.807, 2.05) is 14.0 Å². The normalized spacial score (nSPS) is 21.7. The molecule has 92 valence electrons. The van der Waals surface area contributed by atoms with Gasteiger partial charge in [-0.1, -0.05) is 26.2 Å². The summed E-state index contributed by atoms with van der Waals surface area (Å²) in [6.07, 6.45) is 6.70. The van der Waals surface area contributed by atoms with Crippen LogP contribution in [-0.2, 0) is 0 Å².